The van der Waals surface area contributed by atoms with Crippen LogP contribution < -0.4 is 0 Å². The average molecular weight is 792 g/mol. The lowest BCUT2D eigenvalue weighted by Gasteiger charge is -2.12. The Morgan fingerprint density at radius 3 is 1.21 bits per heavy atom. The number of hydrogen-bond donors (Lipinski definition) is 0. The minimum absolute atomic E-state index is 0.616. The van der Waals surface area contributed by atoms with E-state index in [1.807, 2.05) is 24.3 Å². The second-order valence-electron chi connectivity index (χ2n) is 15.7. The molecule has 0 bridgehead atoms. The summed E-state index contributed by atoms with van der Waals surface area (Å²) in [5, 5.41) is 4.80. The first-order valence-electron chi connectivity index (χ1n) is 20.9. The van der Waals surface area contributed by atoms with Gasteiger partial charge in [0, 0.05) is 49.6 Å². The number of benzene rings is 9. The van der Waals surface area contributed by atoms with Gasteiger partial charge in [-0.3, -0.25) is 0 Å². The zero-order valence-corrected chi connectivity index (χ0v) is 33.6. The van der Waals surface area contributed by atoms with Crippen LogP contribution >= 0.6 is 0 Å². The zero-order valence-electron chi connectivity index (χ0n) is 33.6. The first-order chi connectivity index (χ1) is 30.7. The molecule has 0 spiro atoms. The Morgan fingerprint density at radius 2 is 0.629 bits per heavy atom. The van der Waals surface area contributed by atoms with Gasteiger partial charge in [-0.05, 0) is 76.9 Å². The van der Waals surface area contributed by atoms with Crippen LogP contribution in [-0.4, -0.2) is 24.1 Å². The van der Waals surface area contributed by atoms with Crippen LogP contribution in [0.25, 0.3) is 111 Å². The molecule has 290 valence electrons. The smallest absolute Gasteiger partial charge is 0.164 e. The highest BCUT2D eigenvalue weighted by Crippen LogP contribution is 2.40. The van der Waals surface area contributed by atoms with Crippen molar-refractivity contribution in [2.75, 3.05) is 0 Å². The fourth-order valence-corrected chi connectivity index (χ4v) is 9.02. The van der Waals surface area contributed by atoms with Gasteiger partial charge in [0.05, 0.1) is 22.1 Å². The van der Waals surface area contributed by atoms with E-state index < -0.39 is 0 Å². The number of para-hydroxylation sites is 2. The Hall–Kier alpha value is -8.41. The predicted molar refractivity (Wildman–Crippen MR) is 256 cm³/mol. The summed E-state index contributed by atoms with van der Waals surface area (Å²) in [7, 11) is 0. The molecule has 12 aromatic rings. The Kier molecular flexibility index (Phi) is 8.42. The molecule has 3 heterocycles. The maximum atomic E-state index is 5.18. The summed E-state index contributed by atoms with van der Waals surface area (Å²) in [5.41, 5.74) is 14.2. The van der Waals surface area contributed by atoms with Crippen LogP contribution in [0.2, 0.25) is 0 Å². The molecule has 0 saturated carbocycles. The van der Waals surface area contributed by atoms with Crippen molar-refractivity contribution in [1.82, 2.24) is 24.1 Å². The first-order valence-corrected chi connectivity index (χ1v) is 20.9. The van der Waals surface area contributed by atoms with Crippen LogP contribution in [0.5, 0.6) is 0 Å². The standard InChI is InChI=1S/C57H37N5/c1-4-16-38(17-5-1)40-30-32-45(33-31-40)61-51-28-12-10-26-47(51)49-37-54-50(36-53(49)61)48-27-11-13-29-52(48)62(54)46-25-15-24-44(35-46)57-59-55(41-20-8-3-9-21-41)58-56(60-57)43-23-14-22-42(34-43)39-18-6-2-7-19-39/h1-37H. The van der Waals surface area contributed by atoms with Crippen LogP contribution in [0.15, 0.2) is 224 Å². The molecule has 0 unspecified atom stereocenters. The maximum absolute atomic E-state index is 5.18. The van der Waals surface area contributed by atoms with E-state index in [-0.39, 0.29) is 0 Å². The minimum atomic E-state index is 0.616. The molecule has 12 rings (SSSR count). The summed E-state index contributed by atoms with van der Waals surface area (Å²) >= 11 is 0. The third kappa shape index (κ3) is 6.06. The molecule has 0 aliphatic rings. The van der Waals surface area contributed by atoms with E-state index in [9.17, 15) is 0 Å². The summed E-state index contributed by atoms with van der Waals surface area (Å²) in [5.74, 6) is 1.87. The highest BCUT2D eigenvalue weighted by atomic mass is 15.0. The van der Waals surface area contributed by atoms with Crippen molar-refractivity contribution in [2.45, 2.75) is 0 Å². The lowest BCUT2D eigenvalue weighted by molar-refractivity contribution is 1.07. The lowest BCUT2D eigenvalue weighted by Crippen LogP contribution is -2.01. The third-order valence-electron chi connectivity index (χ3n) is 12.0. The third-order valence-corrected chi connectivity index (χ3v) is 12.0. The molecular weight excluding hydrogens is 755 g/mol. The summed E-state index contributed by atoms with van der Waals surface area (Å²) in [6.45, 7) is 0. The van der Waals surface area contributed by atoms with E-state index in [0.717, 1.165) is 50.2 Å². The zero-order chi connectivity index (χ0) is 41.0. The van der Waals surface area contributed by atoms with Crippen molar-refractivity contribution in [3.05, 3.63) is 224 Å². The normalized spacial score (nSPS) is 11.5. The van der Waals surface area contributed by atoms with E-state index in [0.29, 0.717) is 17.5 Å². The number of nitrogens with zero attached hydrogens (tertiary/aromatic N) is 5. The van der Waals surface area contributed by atoms with Crippen molar-refractivity contribution >= 4 is 43.6 Å². The van der Waals surface area contributed by atoms with Crippen molar-refractivity contribution in [3.8, 4) is 67.8 Å². The molecular formula is C57H37N5. The molecule has 0 fully saturated rings. The van der Waals surface area contributed by atoms with Gasteiger partial charge in [0.1, 0.15) is 0 Å². The fourth-order valence-electron chi connectivity index (χ4n) is 9.02. The van der Waals surface area contributed by atoms with Crippen molar-refractivity contribution in [3.63, 3.8) is 0 Å². The van der Waals surface area contributed by atoms with Gasteiger partial charge in [0.15, 0.2) is 17.5 Å². The Morgan fingerprint density at radius 1 is 0.226 bits per heavy atom. The van der Waals surface area contributed by atoms with E-state index in [1.165, 1.54) is 43.7 Å². The second kappa shape index (κ2) is 14.7. The molecule has 0 aliphatic carbocycles. The van der Waals surface area contributed by atoms with Gasteiger partial charge in [-0.2, -0.15) is 0 Å². The molecule has 0 N–H and O–H groups in total. The van der Waals surface area contributed by atoms with Gasteiger partial charge >= 0.3 is 0 Å². The maximum Gasteiger partial charge on any atom is 0.164 e. The molecule has 5 heteroatoms. The predicted octanol–water partition coefficient (Wildman–Crippen LogP) is 14.4. The molecule has 0 saturated heterocycles. The van der Waals surface area contributed by atoms with Gasteiger partial charge in [-0.15, -0.1) is 0 Å². The van der Waals surface area contributed by atoms with Gasteiger partial charge in [-0.25, -0.2) is 15.0 Å². The Bertz CT molecular complexity index is 3610. The van der Waals surface area contributed by atoms with Crippen molar-refractivity contribution < 1.29 is 0 Å². The topological polar surface area (TPSA) is 48.5 Å². The molecule has 0 aliphatic heterocycles. The summed E-state index contributed by atoms with van der Waals surface area (Å²) in [6.07, 6.45) is 0. The van der Waals surface area contributed by atoms with Crippen LogP contribution in [0.4, 0.5) is 0 Å². The molecule has 0 atom stereocenters. The van der Waals surface area contributed by atoms with Gasteiger partial charge in [-0.1, -0.05) is 170 Å². The molecule has 62 heavy (non-hydrogen) atoms. The van der Waals surface area contributed by atoms with Crippen molar-refractivity contribution in [2.24, 2.45) is 0 Å². The summed E-state index contributed by atoms with van der Waals surface area (Å²) in [6, 6.07) is 79.3. The monoisotopic (exact) mass is 791 g/mol. The highest BCUT2D eigenvalue weighted by Gasteiger charge is 2.20. The molecule has 5 nitrogen and oxygen atoms in total. The van der Waals surface area contributed by atoms with Gasteiger partial charge in [0.2, 0.25) is 0 Å². The number of rotatable bonds is 7. The molecule has 3 aromatic heterocycles. The summed E-state index contributed by atoms with van der Waals surface area (Å²) in [4.78, 5) is 15.4. The molecule has 9 aromatic carbocycles. The van der Waals surface area contributed by atoms with E-state index in [4.69, 9.17) is 15.0 Å². The van der Waals surface area contributed by atoms with Crippen LogP contribution in [-0.2, 0) is 0 Å². The van der Waals surface area contributed by atoms with E-state index in [1.54, 1.807) is 0 Å². The average Bonchev–Trinajstić information content (AvgIpc) is 3.86. The van der Waals surface area contributed by atoms with E-state index >= 15 is 0 Å². The van der Waals surface area contributed by atoms with Gasteiger partial charge in [0.25, 0.3) is 0 Å². The lowest BCUT2D eigenvalue weighted by atomic mass is 10.0. The first kappa shape index (κ1) is 35.5. The van der Waals surface area contributed by atoms with Crippen molar-refractivity contribution in [1.29, 1.82) is 0 Å². The molecule has 0 radical (unpaired) electrons. The minimum Gasteiger partial charge on any atom is -0.309 e. The fraction of sp³-hybridized carbons (Fsp3) is 0. The van der Waals surface area contributed by atoms with E-state index in [2.05, 4.69) is 209 Å². The Balaban J connectivity index is 1.03. The quantitative estimate of drug-likeness (QED) is 0.162. The number of fused-ring (bicyclic) bond motifs is 6. The second-order valence-corrected chi connectivity index (χ2v) is 15.7. The summed E-state index contributed by atoms with van der Waals surface area (Å²) < 4.78 is 4.79. The highest BCUT2D eigenvalue weighted by molar-refractivity contribution is 6.19. The van der Waals surface area contributed by atoms with Crippen LogP contribution in [0.1, 0.15) is 0 Å². The SMILES string of the molecule is c1ccc(-c2ccc(-n3c4ccccc4c4cc5c(cc43)c3ccccc3n5-c3cccc(-c4nc(-c5ccccc5)nc(-c5cccc(-c6ccccc6)c5)n4)c3)cc2)cc1. The number of aromatic nitrogens is 5. The van der Waals surface area contributed by atoms with Crippen LogP contribution in [0.3, 0.4) is 0 Å². The van der Waals surface area contributed by atoms with Gasteiger partial charge < -0.3 is 9.13 Å². The van der Waals surface area contributed by atoms with Crippen LogP contribution in [0, 0.1) is 0 Å². The molecule has 0 amide bonds. The number of hydrogen-bond acceptors (Lipinski definition) is 3. The largest absolute Gasteiger partial charge is 0.309 e. The Labute approximate surface area is 358 Å².